The number of hydrogen-bond donors (Lipinski definition) is 2. The minimum absolute atomic E-state index is 0.192. The van der Waals surface area contributed by atoms with Crippen molar-refractivity contribution in [3.8, 4) is 0 Å². The van der Waals surface area contributed by atoms with Crippen LogP contribution in [0.1, 0.15) is 31.0 Å². The molecule has 5 nitrogen and oxygen atoms in total. The van der Waals surface area contributed by atoms with E-state index in [4.69, 9.17) is 5.73 Å². The number of rotatable bonds is 3. The maximum absolute atomic E-state index is 12.0. The summed E-state index contributed by atoms with van der Waals surface area (Å²) >= 11 is 0. The fraction of sp³-hybridized carbons (Fsp3) is 0.429. The maximum atomic E-state index is 12.0. The lowest BCUT2D eigenvalue weighted by Gasteiger charge is -2.20. The molecule has 1 atom stereocenters. The fourth-order valence-corrected chi connectivity index (χ4v) is 2.10. The van der Waals surface area contributed by atoms with Crippen molar-refractivity contribution in [2.24, 2.45) is 5.73 Å². The molecular weight excluding hydrogens is 242 g/mol. The molecule has 1 unspecified atom stereocenters. The molecule has 1 aliphatic rings. The number of imide groups is 1. The Kier molecular flexibility index (Phi) is 3.32. The summed E-state index contributed by atoms with van der Waals surface area (Å²) in [6, 6.07) is 7.02. The summed E-state index contributed by atoms with van der Waals surface area (Å²) < 4.78 is 0. The lowest BCUT2D eigenvalue weighted by molar-refractivity contribution is -0.130. The van der Waals surface area contributed by atoms with Gasteiger partial charge in [-0.25, -0.2) is 4.79 Å². The van der Waals surface area contributed by atoms with Crippen molar-refractivity contribution in [1.29, 1.82) is 0 Å². The average molecular weight is 261 g/mol. The van der Waals surface area contributed by atoms with Gasteiger partial charge >= 0.3 is 6.03 Å². The molecule has 0 aliphatic carbocycles. The smallest absolute Gasteiger partial charge is 0.324 e. The van der Waals surface area contributed by atoms with Gasteiger partial charge in [0.15, 0.2) is 0 Å². The van der Waals surface area contributed by atoms with E-state index in [0.717, 1.165) is 11.1 Å². The van der Waals surface area contributed by atoms with Gasteiger partial charge in [0.1, 0.15) is 5.54 Å². The third-order valence-corrected chi connectivity index (χ3v) is 3.33. The van der Waals surface area contributed by atoms with Crippen LogP contribution in [0.2, 0.25) is 0 Å². The second-order valence-corrected chi connectivity index (χ2v) is 5.49. The molecule has 1 heterocycles. The number of nitrogens with two attached hydrogens (primary N) is 1. The average Bonchev–Trinajstić information content (AvgIpc) is 2.52. The van der Waals surface area contributed by atoms with E-state index in [-0.39, 0.29) is 24.5 Å². The molecule has 19 heavy (non-hydrogen) atoms. The first-order valence-electron chi connectivity index (χ1n) is 6.27. The van der Waals surface area contributed by atoms with Crippen LogP contribution >= 0.6 is 0 Å². The van der Waals surface area contributed by atoms with Gasteiger partial charge in [0.25, 0.3) is 5.91 Å². The zero-order chi connectivity index (χ0) is 14.2. The summed E-state index contributed by atoms with van der Waals surface area (Å²) in [4.78, 5) is 25.0. The number of carbonyl (C=O) groups excluding carboxylic acids is 2. The molecule has 0 radical (unpaired) electrons. The normalized spacial score (nSPS) is 19.5. The summed E-state index contributed by atoms with van der Waals surface area (Å²) in [6.45, 7) is 5.56. The number of carbonyl (C=O) groups is 2. The lowest BCUT2D eigenvalue weighted by atomic mass is 10.0. The molecule has 102 valence electrons. The topological polar surface area (TPSA) is 75.4 Å². The van der Waals surface area contributed by atoms with Gasteiger partial charge in [0, 0.05) is 12.6 Å². The summed E-state index contributed by atoms with van der Waals surface area (Å²) in [5.74, 6) is -0.236. The number of urea groups is 1. The second-order valence-electron chi connectivity index (χ2n) is 5.49. The fourth-order valence-electron chi connectivity index (χ4n) is 2.10. The third-order valence-electron chi connectivity index (χ3n) is 3.33. The van der Waals surface area contributed by atoms with Crippen LogP contribution in [-0.2, 0) is 4.79 Å². The monoisotopic (exact) mass is 261 g/mol. The molecule has 0 bridgehead atoms. The van der Waals surface area contributed by atoms with Crippen molar-refractivity contribution < 1.29 is 9.59 Å². The van der Waals surface area contributed by atoms with Crippen molar-refractivity contribution in [1.82, 2.24) is 10.2 Å². The van der Waals surface area contributed by atoms with Crippen LogP contribution in [0.25, 0.3) is 0 Å². The number of hydrogen-bond acceptors (Lipinski definition) is 3. The van der Waals surface area contributed by atoms with Crippen molar-refractivity contribution in [3.05, 3.63) is 35.4 Å². The van der Waals surface area contributed by atoms with Gasteiger partial charge in [-0.3, -0.25) is 9.69 Å². The molecule has 3 N–H and O–H groups in total. The van der Waals surface area contributed by atoms with Gasteiger partial charge in [-0.15, -0.1) is 0 Å². The second kappa shape index (κ2) is 4.66. The molecule has 1 aromatic carbocycles. The van der Waals surface area contributed by atoms with E-state index < -0.39 is 5.54 Å². The van der Waals surface area contributed by atoms with Gasteiger partial charge < -0.3 is 11.1 Å². The summed E-state index contributed by atoms with van der Waals surface area (Å²) in [5.41, 5.74) is 7.28. The Morgan fingerprint density at radius 1 is 1.26 bits per heavy atom. The first-order valence-corrected chi connectivity index (χ1v) is 6.27. The van der Waals surface area contributed by atoms with Crippen LogP contribution < -0.4 is 11.1 Å². The molecule has 2 rings (SSSR count). The van der Waals surface area contributed by atoms with E-state index in [1.807, 2.05) is 31.2 Å². The van der Waals surface area contributed by atoms with Crippen molar-refractivity contribution in [3.63, 3.8) is 0 Å². The number of nitrogens with one attached hydrogen (secondary N) is 1. The molecule has 5 heteroatoms. The molecular formula is C14H19N3O2. The largest absolute Gasteiger partial charge is 0.325 e. The predicted molar refractivity (Wildman–Crippen MR) is 72.4 cm³/mol. The van der Waals surface area contributed by atoms with Gasteiger partial charge in [0.2, 0.25) is 0 Å². The summed E-state index contributed by atoms with van der Waals surface area (Å²) in [5, 5.41) is 2.64. The molecule has 3 amide bonds. The molecule has 0 aromatic heterocycles. The Balaban J connectivity index is 2.11. The molecule has 1 saturated heterocycles. The highest BCUT2D eigenvalue weighted by Gasteiger charge is 2.44. The van der Waals surface area contributed by atoms with Gasteiger partial charge in [0.05, 0.1) is 0 Å². The van der Waals surface area contributed by atoms with Crippen molar-refractivity contribution >= 4 is 11.9 Å². The first-order chi connectivity index (χ1) is 8.81. The van der Waals surface area contributed by atoms with Crippen LogP contribution in [-0.4, -0.2) is 28.9 Å². The minimum atomic E-state index is -0.843. The van der Waals surface area contributed by atoms with E-state index in [2.05, 4.69) is 5.32 Å². The van der Waals surface area contributed by atoms with E-state index in [9.17, 15) is 9.59 Å². The molecule has 1 aromatic rings. The van der Waals surface area contributed by atoms with Crippen LogP contribution in [0.15, 0.2) is 24.3 Å². The Labute approximate surface area is 112 Å². The highest BCUT2D eigenvalue weighted by Crippen LogP contribution is 2.20. The first kappa shape index (κ1) is 13.5. The lowest BCUT2D eigenvalue weighted by Crippen LogP contribution is -2.41. The summed E-state index contributed by atoms with van der Waals surface area (Å²) in [7, 11) is 0. The highest BCUT2D eigenvalue weighted by atomic mass is 16.2. The van der Waals surface area contributed by atoms with E-state index in [1.165, 1.54) is 4.90 Å². The zero-order valence-corrected chi connectivity index (χ0v) is 11.4. The van der Waals surface area contributed by atoms with Crippen LogP contribution in [0.4, 0.5) is 4.79 Å². The maximum Gasteiger partial charge on any atom is 0.325 e. The Morgan fingerprint density at radius 3 is 2.32 bits per heavy atom. The van der Waals surface area contributed by atoms with Crippen LogP contribution in [0.3, 0.4) is 0 Å². The van der Waals surface area contributed by atoms with Gasteiger partial charge in [-0.2, -0.15) is 0 Å². The van der Waals surface area contributed by atoms with E-state index in [0.29, 0.717) is 0 Å². The molecule has 1 fully saturated rings. The number of benzene rings is 1. The Hall–Kier alpha value is -1.88. The third kappa shape index (κ3) is 2.61. The summed E-state index contributed by atoms with van der Waals surface area (Å²) in [6.07, 6.45) is 0. The number of amides is 3. The standard InChI is InChI=1S/C14H19N3O2/c1-9-4-6-10(7-5-9)11(15)8-17-12(18)14(2,3)16-13(17)19/h4-7,11H,8,15H2,1-3H3,(H,16,19). The Morgan fingerprint density at radius 2 is 1.84 bits per heavy atom. The van der Waals surface area contributed by atoms with E-state index >= 15 is 0 Å². The highest BCUT2D eigenvalue weighted by molar-refractivity contribution is 6.06. The molecule has 1 aliphatic heterocycles. The Bertz CT molecular complexity index is 508. The van der Waals surface area contributed by atoms with Crippen molar-refractivity contribution in [2.75, 3.05) is 6.54 Å². The number of aryl methyl sites for hydroxylation is 1. The van der Waals surface area contributed by atoms with Gasteiger partial charge in [-0.05, 0) is 26.3 Å². The zero-order valence-electron chi connectivity index (χ0n) is 11.4. The van der Waals surface area contributed by atoms with Crippen molar-refractivity contribution in [2.45, 2.75) is 32.4 Å². The quantitative estimate of drug-likeness (QED) is 0.806. The molecule has 0 saturated carbocycles. The van der Waals surface area contributed by atoms with Crippen LogP contribution in [0, 0.1) is 6.92 Å². The number of nitrogens with zero attached hydrogens (tertiary/aromatic N) is 1. The SMILES string of the molecule is Cc1ccc(C(N)CN2C(=O)NC(C)(C)C2=O)cc1. The van der Waals surface area contributed by atoms with Gasteiger partial charge in [-0.1, -0.05) is 29.8 Å². The van der Waals surface area contributed by atoms with E-state index in [1.54, 1.807) is 13.8 Å². The van der Waals surface area contributed by atoms with Crippen LogP contribution in [0.5, 0.6) is 0 Å². The minimum Gasteiger partial charge on any atom is -0.324 e. The predicted octanol–water partition coefficient (Wildman–Crippen LogP) is 1.33. The molecule has 0 spiro atoms.